The minimum absolute atomic E-state index is 0.0203. The highest BCUT2D eigenvalue weighted by atomic mass is 16.4. The van der Waals surface area contributed by atoms with Crippen LogP contribution in [0.2, 0.25) is 0 Å². The fourth-order valence-corrected chi connectivity index (χ4v) is 1.83. The lowest BCUT2D eigenvalue weighted by Gasteiger charge is -2.20. The van der Waals surface area contributed by atoms with E-state index in [1.54, 1.807) is 6.92 Å². The first-order valence-electron chi connectivity index (χ1n) is 6.97. The molecule has 6 heteroatoms. The third kappa shape index (κ3) is 7.31. The van der Waals surface area contributed by atoms with Gasteiger partial charge in [-0.3, -0.25) is 4.79 Å². The van der Waals surface area contributed by atoms with Crippen molar-refractivity contribution in [3.63, 3.8) is 0 Å². The van der Waals surface area contributed by atoms with Gasteiger partial charge in [-0.2, -0.15) is 0 Å². The van der Waals surface area contributed by atoms with Crippen molar-refractivity contribution in [3.05, 3.63) is 35.9 Å². The molecule has 1 aromatic rings. The Labute approximate surface area is 124 Å². The van der Waals surface area contributed by atoms with E-state index in [9.17, 15) is 14.7 Å². The van der Waals surface area contributed by atoms with Crippen molar-refractivity contribution in [2.75, 3.05) is 6.54 Å². The van der Waals surface area contributed by atoms with Crippen LogP contribution in [-0.2, 0) is 11.2 Å². The molecule has 0 aromatic heterocycles. The Morgan fingerprint density at radius 3 is 2.52 bits per heavy atom. The van der Waals surface area contributed by atoms with Crippen LogP contribution in [0.1, 0.15) is 25.3 Å². The Kier molecular flexibility index (Phi) is 7.25. The lowest BCUT2D eigenvalue weighted by Crippen LogP contribution is -2.47. The first-order valence-corrected chi connectivity index (χ1v) is 6.97. The number of aliphatic hydroxyl groups is 1. The number of aliphatic hydroxyl groups excluding tert-OH is 1. The molecular formula is C15H22N2O4. The minimum Gasteiger partial charge on any atom is -0.481 e. The summed E-state index contributed by atoms with van der Waals surface area (Å²) in [6.45, 7) is 2.02. The van der Waals surface area contributed by atoms with Gasteiger partial charge in [0.2, 0.25) is 0 Å². The number of benzene rings is 1. The molecule has 0 bridgehead atoms. The molecule has 1 rings (SSSR count). The second-order valence-corrected chi connectivity index (χ2v) is 4.94. The number of amides is 2. The van der Waals surface area contributed by atoms with Gasteiger partial charge in [0.1, 0.15) is 0 Å². The first-order chi connectivity index (χ1) is 9.99. The van der Waals surface area contributed by atoms with E-state index in [-0.39, 0.29) is 6.42 Å². The molecule has 1 aromatic carbocycles. The minimum atomic E-state index is -0.885. The molecule has 0 aliphatic carbocycles. The topological polar surface area (TPSA) is 98.7 Å². The van der Waals surface area contributed by atoms with Crippen LogP contribution >= 0.6 is 0 Å². The van der Waals surface area contributed by atoms with Gasteiger partial charge >= 0.3 is 12.0 Å². The SMILES string of the molecule is CC(NC(=O)NCCCC(=O)O)C(O)Cc1ccccc1. The fraction of sp³-hybridized carbons (Fsp3) is 0.467. The first kappa shape index (κ1) is 17.0. The van der Waals surface area contributed by atoms with Crippen molar-refractivity contribution in [2.45, 2.75) is 38.3 Å². The lowest BCUT2D eigenvalue weighted by molar-refractivity contribution is -0.137. The van der Waals surface area contributed by atoms with Crippen molar-refractivity contribution >= 4 is 12.0 Å². The van der Waals surface area contributed by atoms with Crippen LogP contribution in [0, 0.1) is 0 Å². The largest absolute Gasteiger partial charge is 0.481 e. The Bertz CT molecular complexity index is 450. The number of hydrogen-bond acceptors (Lipinski definition) is 3. The predicted molar refractivity (Wildman–Crippen MR) is 79.0 cm³/mol. The summed E-state index contributed by atoms with van der Waals surface area (Å²) >= 11 is 0. The molecule has 0 saturated heterocycles. The van der Waals surface area contributed by atoms with Gasteiger partial charge in [0.15, 0.2) is 0 Å². The van der Waals surface area contributed by atoms with Gasteiger partial charge in [0.25, 0.3) is 0 Å². The van der Waals surface area contributed by atoms with Gasteiger partial charge in [-0.15, -0.1) is 0 Å². The number of rotatable bonds is 8. The average molecular weight is 294 g/mol. The van der Waals surface area contributed by atoms with Crippen molar-refractivity contribution < 1.29 is 19.8 Å². The van der Waals surface area contributed by atoms with E-state index in [2.05, 4.69) is 10.6 Å². The molecule has 2 unspecified atom stereocenters. The van der Waals surface area contributed by atoms with Gasteiger partial charge in [-0.05, 0) is 18.9 Å². The van der Waals surface area contributed by atoms with Crippen LogP contribution in [0.25, 0.3) is 0 Å². The van der Waals surface area contributed by atoms with E-state index in [1.165, 1.54) is 0 Å². The number of hydrogen-bond donors (Lipinski definition) is 4. The van der Waals surface area contributed by atoms with Crippen LogP contribution in [-0.4, -0.2) is 40.9 Å². The highest BCUT2D eigenvalue weighted by Gasteiger charge is 2.16. The van der Waals surface area contributed by atoms with E-state index in [0.29, 0.717) is 19.4 Å². The summed E-state index contributed by atoms with van der Waals surface area (Å²) in [4.78, 5) is 21.9. The second-order valence-electron chi connectivity index (χ2n) is 4.94. The van der Waals surface area contributed by atoms with Gasteiger partial charge in [0, 0.05) is 19.4 Å². The molecule has 4 N–H and O–H groups in total. The lowest BCUT2D eigenvalue weighted by atomic mass is 10.0. The van der Waals surface area contributed by atoms with E-state index in [0.717, 1.165) is 5.56 Å². The third-order valence-corrected chi connectivity index (χ3v) is 3.08. The Morgan fingerprint density at radius 1 is 1.24 bits per heavy atom. The van der Waals surface area contributed by atoms with Crippen LogP contribution in [0.3, 0.4) is 0 Å². The summed E-state index contributed by atoms with van der Waals surface area (Å²) in [5.41, 5.74) is 1.00. The molecule has 0 aliphatic rings. The summed E-state index contributed by atoms with van der Waals surface area (Å²) in [5.74, 6) is -0.885. The maximum atomic E-state index is 11.6. The molecule has 0 spiro atoms. The quantitative estimate of drug-likeness (QED) is 0.540. The second kappa shape index (κ2) is 8.97. The molecule has 0 fully saturated rings. The third-order valence-electron chi connectivity index (χ3n) is 3.08. The van der Waals surface area contributed by atoms with Crippen molar-refractivity contribution in [2.24, 2.45) is 0 Å². The number of carbonyl (C=O) groups is 2. The molecule has 0 radical (unpaired) electrons. The number of urea groups is 1. The number of carbonyl (C=O) groups excluding carboxylic acids is 1. The average Bonchev–Trinajstić information content (AvgIpc) is 2.44. The van der Waals surface area contributed by atoms with Gasteiger partial charge < -0.3 is 20.8 Å². The van der Waals surface area contributed by atoms with Gasteiger partial charge in [-0.1, -0.05) is 30.3 Å². The monoisotopic (exact) mass is 294 g/mol. The van der Waals surface area contributed by atoms with E-state index in [4.69, 9.17) is 5.11 Å². The maximum absolute atomic E-state index is 11.6. The predicted octanol–water partition coefficient (Wildman–Crippen LogP) is 1.14. The van der Waals surface area contributed by atoms with Crippen molar-refractivity contribution in [1.82, 2.24) is 10.6 Å². The summed E-state index contributed by atoms with van der Waals surface area (Å²) < 4.78 is 0. The van der Waals surface area contributed by atoms with Crippen molar-refractivity contribution in [3.8, 4) is 0 Å². The summed E-state index contributed by atoms with van der Waals surface area (Å²) in [6, 6.07) is 8.74. The molecule has 0 heterocycles. The Balaban J connectivity index is 2.26. The zero-order chi connectivity index (χ0) is 15.7. The Morgan fingerprint density at radius 2 is 1.90 bits per heavy atom. The summed E-state index contributed by atoms with van der Waals surface area (Å²) in [6.07, 6.45) is 0.175. The number of carboxylic acid groups (broad SMARTS) is 1. The molecule has 0 aliphatic heterocycles. The molecule has 0 saturated carbocycles. The Hall–Kier alpha value is -2.08. The molecule has 2 amide bonds. The number of aliphatic carboxylic acids is 1. The maximum Gasteiger partial charge on any atom is 0.315 e. The van der Waals surface area contributed by atoms with Crippen molar-refractivity contribution in [1.29, 1.82) is 0 Å². The normalized spacial score (nSPS) is 13.2. The number of nitrogens with one attached hydrogen (secondary N) is 2. The van der Waals surface area contributed by atoms with Gasteiger partial charge in [0.05, 0.1) is 12.1 Å². The zero-order valence-corrected chi connectivity index (χ0v) is 12.1. The molecule has 2 atom stereocenters. The molecule has 6 nitrogen and oxygen atoms in total. The van der Waals surface area contributed by atoms with E-state index >= 15 is 0 Å². The van der Waals surface area contributed by atoms with E-state index in [1.807, 2.05) is 30.3 Å². The summed E-state index contributed by atoms with van der Waals surface area (Å²) in [5, 5.41) is 23.7. The zero-order valence-electron chi connectivity index (χ0n) is 12.1. The highest BCUT2D eigenvalue weighted by molar-refractivity contribution is 5.74. The van der Waals surface area contributed by atoms with Crippen LogP contribution < -0.4 is 10.6 Å². The molecule has 116 valence electrons. The fourth-order valence-electron chi connectivity index (χ4n) is 1.83. The van der Waals surface area contributed by atoms with Crippen LogP contribution in [0.5, 0.6) is 0 Å². The molecular weight excluding hydrogens is 272 g/mol. The number of carboxylic acids is 1. The summed E-state index contributed by atoms with van der Waals surface area (Å²) in [7, 11) is 0. The standard InChI is InChI=1S/C15H22N2O4/c1-11(13(18)10-12-6-3-2-4-7-12)17-15(21)16-9-5-8-14(19)20/h2-4,6-7,11,13,18H,5,8-10H2,1H3,(H,19,20)(H2,16,17,21). The highest BCUT2D eigenvalue weighted by Crippen LogP contribution is 2.05. The van der Waals surface area contributed by atoms with Crippen LogP contribution in [0.15, 0.2) is 30.3 Å². The van der Waals surface area contributed by atoms with E-state index < -0.39 is 24.1 Å². The smallest absolute Gasteiger partial charge is 0.315 e. The molecule has 21 heavy (non-hydrogen) atoms. The van der Waals surface area contributed by atoms with Gasteiger partial charge in [-0.25, -0.2) is 4.79 Å². The van der Waals surface area contributed by atoms with Crippen LogP contribution in [0.4, 0.5) is 4.79 Å².